The lowest BCUT2D eigenvalue weighted by Crippen LogP contribution is -2.63. The molecule has 4 aliphatic heterocycles. The molecule has 3 saturated heterocycles. The van der Waals surface area contributed by atoms with E-state index in [2.05, 4.69) is 0 Å². The molecule has 4 heterocycles. The summed E-state index contributed by atoms with van der Waals surface area (Å²) >= 11 is 0. The number of ether oxygens (including phenoxy) is 9. The van der Waals surface area contributed by atoms with E-state index in [9.17, 15) is 22.9 Å². The maximum atomic E-state index is 13.9. The van der Waals surface area contributed by atoms with Crippen LogP contribution in [0.15, 0.2) is 24.3 Å². The highest BCUT2D eigenvalue weighted by Gasteiger charge is 2.56. The molecule has 0 unspecified atom stereocenters. The molecule has 42 heavy (non-hydrogen) atoms. The monoisotopic (exact) mass is 598 g/mol. The maximum absolute atomic E-state index is 13.9. The number of esters is 1. The third-order valence-electron chi connectivity index (χ3n) is 7.82. The molecule has 13 nitrogen and oxygen atoms in total. The number of aromatic hydroxyl groups is 1. The molecule has 0 bridgehead atoms. The second-order valence-electron chi connectivity index (χ2n) is 10.2. The molecule has 3 fully saturated rings. The summed E-state index contributed by atoms with van der Waals surface area (Å²) in [4.78, 5) is 13.9. The van der Waals surface area contributed by atoms with Crippen LogP contribution in [-0.4, -0.2) is 92.3 Å². The molecule has 226 valence electrons. The fourth-order valence-corrected chi connectivity index (χ4v) is 5.86. The Morgan fingerprint density at radius 3 is 2.43 bits per heavy atom. The molecule has 3 N–H and O–H groups in total. The molecule has 13 heteroatoms. The fraction of sp³-hybridized carbons (Fsp3) is 0.552. The van der Waals surface area contributed by atoms with Gasteiger partial charge in [0.1, 0.15) is 24.4 Å². The topological polar surface area (TPSA) is 161 Å². The standard InChI is InChI=1S/C29H32O13/c1-11-36-9-20-27(40-11)24(31)25(32)29(41-20)42-26-14-7-17-16(38-10-39-17)6-13(14)21(22-15(26)8-37-28(22)33)12-4-18(34-2)23(30)19(5-12)35-3/h4-7,11,15,20-22,24-27,29-32H,8-10H2,1-3H3/t11-,15+,20-,21-,22+,24-,25-,26-,27-,29+/m1/s1/i2D3,3D3,8D2,21D,22D. The quantitative estimate of drug-likeness (QED) is 0.424. The Morgan fingerprint density at radius 2 is 1.71 bits per heavy atom. The zero-order valence-electron chi connectivity index (χ0n) is 31.8. The van der Waals surface area contributed by atoms with Gasteiger partial charge in [-0.3, -0.25) is 4.79 Å². The highest BCUT2D eigenvalue weighted by molar-refractivity contribution is 5.79. The van der Waals surface area contributed by atoms with Crippen LogP contribution in [0.4, 0.5) is 0 Å². The number of rotatable bonds is 5. The minimum atomic E-state index is -3.25. The number of cyclic esters (lactones) is 1. The molecule has 2 aromatic carbocycles. The van der Waals surface area contributed by atoms with Gasteiger partial charge in [0.15, 0.2) is 35.6 Å². The first-order valence-corrected chi connectivity index (χ1v) is 12.9. The van der Waals surface area contributed by atoms with Gasteiger partial charge < -0.3 is 58.0 Å². The molecule has 10 atom stereocenters. The molecule has 5 aliphatic rings. The van der Waals surface area contributed by atoms with Crippen molar-refractivity contribution in [2.24, 2.45) is 11.8 Å². The number of aliphatic hydroxyl groups excluding tert-OH is 2. The van der Waals surface area contributed by atoms with Gasteiger partial charge in [-0.2, -0.15) is 0 Å². The van der Waals surface area contributed by atoms with E-state index in [-0.39, 0.29) is 36.0 Å². The lowest BCUT2D eigenvalue weighted by molar-refractivity contribution is -0.364. The van der Waals surface area contributed by atoms with Gasteiger partial charge in [-0.15, -0.1) is 0 Å². The van der Waals surface area contributed by atoms with Crippen molar-refractivity contribution < 1.29 is 76.5 Å². The van der Waals surface area contributed by atoms with Crippen molar-refractivity contribution in [2.45, 2.75) is 55.9 Å². The van der Waals surface area contributed by atoms with Gasteiger partial charge >= 0.3 is 5.97 Å². The number of phenols is 1. The molecule has 0 aromatic heterocycles. The zero-order chi connectivity index (χ0) is 37.9. The summed E-state index contributed by atoms with van der Waals surface area (Å²) in [7, 11) is -6.50. The Balaban J connectivity index is 1.44. The third-order valence-corrected chi connectivity index (χ3v) is 7.82. The average molecular weight is 599 g/mol. The number of carbonyl (C=O) groups excluding carboxylic acids is 1. The van der Waals surface area contributed by atoms with Crippen LogP contribution in [0.1, 0.15) is 49.3 Å². The summed E-state index contributed by atoms with van der Waals surface area (Å²) in [5.74, 6) is -12.6. The molecule has 7 rings (SSSR count). The predicted molar refractivity (Wildman–Crippen MR) is 138 cm³/mol. The van der Waals surface area contributed by atoms with Crippen molar-refractivity contribution in [1.82, 2.24) is 0 Å². The Labute approximate surface area is 254 Å². The molecule has 0 radical (unpaired) electrons. The fourth-order valence-electron chi connectivity index (χ4n) is 5.86. The van der Waals surface area contributed by atoms with Crippen molar-refractivity contribution in [3.8, 4) is 28.7 Å². The number of benzene rings is 2. The third kappa shape index (κ3) is 4.26. The Hall–Kier alpha value is -3.33. The average Bonchev–Trinajstić information content (AvgIpc) is 3.56. The van der Waals surface area contributed by atoms with Gasteiger partial charge in [-0.25, -0.2) is 0 Å². The smallest absolute Gasteiger partial charge is 0.310 e. The first-order chi connectivity index (χ1) is 24.0. The Kier molecular flexibility index (Phi) is 4.56. The Bertz CT molecular complexity index is 1740. The minimum Gasteiger partial charge on any atom is -0.502 e. The largest absolute Gasteiger partial charge is 0.502 e. The molecular weight excluding hydrogens is 556 g/mol. The van der Waals surface area contributed by atoms with E-state index in [1.54, 1.807) is 6.92 Å². The molecular formula is C29H32O13. The van der Waals surface area contributed by atoms with Crippen molar-refractivity contribution in [3.05, 3.63) is 41.0 Å². The predicted octanol–water partition coefficient (Wildman–Crippen LogP) is 1.34. The van der Waals surface area contributed by atoms with Crippen LogP contribution >= 0.6 is 0 Å². The molecule has 1 aliphatic carbocycles. The number of carbonyl (C=O) groups is 1. The summed E-state index contributed by atoms with van der Waals surface area (Å²) in [6, 6.07) is 4.04. The van der Waals surface area contributed by atoms with Crippen LogP contribution in [-0.2, 0) is 28.5 Å². The van der Waals surface area contributed by atoms with Crippen molar-refractivity contribution in [1.29, 1.82) is 0 Å². The summed E-state index contributed by atoms with van der Waals surface area (Å²) in [6.07, 6.45) is -9.75. The van der Waals surface area contributed by atoms with Crippen LogP contribution < -0.4 is 18.9 Å². The van der Waals surface area contributed by atoms with E-state index in [1.165, 1.54) is 12.1 Å². The lowest BCUT2D eigenvalue weighted by Gasteiger charge is -2.47. The van der Waals surface area contributed by atoms with Gasteiger partial charge in [0.25, 0.3) is 0 Å². The van der Waals surface area contributed by atoms with Crippen molar-refractivity contribution >= 4 is 5.97 Å². The second kappa shape index (κ2) is 10.4. The van der Waals surface area contributed by atoms with E-state index in [1.807, 2.05) is 0 Å². The lowest BCUT2D eigenvalue weighted by atomic mass is 9.66. The van der Waals surface area contributed by atoms with Crippen LogP contribution in [0.25, 0.3) is 0 Å². The number of hydrogen-bond donors (Lipinski definition) is 3. The number of fused-ring (bicyclic) bond motifs is 4. The van der Waals surface area contributed by atoms with Crippen LogP contribution in [0, 0.1) is 11.8 Å². The highest BCUT2D eigenvalue weighted by atomic mass is 16.8. The number of methoxy groups -OCH3 is 2. The molecule has 0 spiro atoms. The van der Waals surface area contributed by atoms with E-state index < -0.39 is 110 Å². The maximum Gasteiger partial charge on any atom is 0.310 e. The normalized spacial score (nSPS) is 45.3. The first-order valence-electron chi connectivity index (χ1n) is 17.9. The SMILES string of the molecule is [2H]C([2H])([2H])Oc1cc([C@]2([2H])c3cc4c(cc3[C@@H](O[C@@H]3O[C@@H]5CO[C@@H](C)O[C@H]5[C@H](O)[C@H]3O)[C@H]3C([2H])([2H])OC(=O)[C@@]32[2H])OCO4)cc(OC([2H])([2H])[2H])c1O. The number of aliphatic hydroxyl groups is 2. The molecule has 2 aromatic rings. The molecule has 0 amide bonds. The zero-order valence-corrected chi connectivity index (χ0v) is 21.8. The van der Waals surface area contributed by atoms with Gasteiger partial charge in [-0.1, -0.05) is 0 Å². The van der Waals surface area contributed by atoms with Crippen LogP contribution in [0.3, 0.4) is 0 Å². The van der Waals surface area contributed by atoms with Gasteiger partial charge in [0, 0.05) is 14.6 Å². The van der Waals surface area contributed by atoms with Crippen LogP contribution in [0.2, 0.25) is 0 Å². The molecule has 0 saturated carbocycles. The van der Waals surface area contributed by atoms with Crippen molar-refractivity contribution in [3.63, 3.8) is 0 Å². The van der Waals surface area contributed by atoms with E-state index in [0.29, 0.717) is 0 Å². The summed E-state index contributed by atoms with van der Waals surface area (Å²) in [5, 5.41) is 33.0. The van der Waals surface area contributed by atoms with E-state index in [4.69, 9.17) is 53.6 Å². The second-order valence-corrected chi connectivity index (χ2v) is 10.2. The first kappa shape index (κ1) is 18.4. The summed E-state index contributed by atoms with van der Waals surface area (Å²) in [6.45, 7) is -1.92. The van der Waals surface area contributed by atoms with E-state index in [0.717, 1.165) is 12.1 Å². The number of phenolic OH excluding ortho intramolecular Hbond substituents is 1. The van der Waals surface area contributed by atoms with Gasteiger partial charge in [0.2, 0.25) is 12.5 Å². The van der Waals surface area contributed by atoms with Crippen LogP contribution in [0.5, 0.6) is 28.7 Å². The van der Waals surface area contributed by atoms with Crippen molar-refractivity contribution in [2.75, 3.05) is 34.0 Å². The highest BCUT2D eigenvalue weighted by Crippen LogP contribution is 2.57. The summed E-state index contributed by atoms with van der Waals surface area (Å²) < 4.78 is 132. The van der Waals surface area contributed by atoms with E-state index >= 15 is 0 Å². The summed E-state index contributed by atoms with van der Waals surface area (Å²) in [5.41, 5.74) is -1.01. The Morgan fingerprint density at radius 1 is 1.00 bits per heavy atom. The minimum absolute atomic E-state index is 0.0000888. The van der Waals surface area contributed by atoms with Gasteiger partial charge in [0.05, 0.1) is 50.2 Å². The van der Waals surface area contributed by atoms with Gasteiger partial charge in [-0.05, 0) is 47.9 Å². The number of hydrogen-bond acceptors (Lipinski definition) is 13.